The van der Waals surface area contributed by atoms with Gasteiger partial charge in [0.2, 0.25) is 0 Å². The van der Waals surface area contributed by atoms with Gasteiger partial charge in [0.1, 0.15) is 5.82 Å². The van der Waals surface area contributed by atoms with E-state index in [4.69, 9.17) is 5.11 Å². The lowest BCUT2D eigenvalue weighted by Gasteiger charge is -2.04. The van der Waals surface area contributed by atoms with Crippen molar-refractivity contribution in [2.75, 3.05) is 0 Å². The molecule has 3 aromatic rings. The molecule has 4 nitrogen and oxygen atoms in total. The van der Waals surface area contributed by atoms with Gasteiger partial charge in [-0.1, -0.05) is 36.0 Å². The summed E-state index contributed by atoms with van der Waals surface area (Å²) in [5, 5.41) is 9.58. The van der Waals surface area contributed by atoms with E-state index in [0.29, 0.717) is 16.5 Å². The van der Waals surface area contributed by atoms with Crippen LogP contribution in [0.1, 0.15) is 15.9 Å². The third-order valence-electron chi connectivity index (χ3n) is 3.04. The van der Waals surface area contributed by atoms with Crippen LogP contribution in [-0.2, 0) is 5.75 Å². The smallest absolute Gasteiger partial charge is 0.338 e. The highest BCUT2D eigenvalue weighted by atomic mass is 32.2. The minimum Gasteiger partial charge on any atom is -0.478 e. The van der Waals surface area contributed by atoms with Gasteiger partial charge >= 0.3 is 5.97 Å². The molecule has 0 amide bonds. The predicted molar refractivity (Wildman–Crippen MR) is 79.0 cm³/mol. The summed E-state index contributed by atoms with van der Waals surface area (Å²) in [6, 6.07) is 12.0. The Kier molecular flexibility index (Phi) is 3.62. The Morgan fingerprint density at radius 1 is 1.24 bits per heavy atom. The molecule has 1 aromatic heterocycles. The van der Waals surface area contributed by atoms with Gasteiger partial charge in [-0.25, -0.2) is 14.2 Å². The SMILES string of the molecule is O=C(O)c1cccc(CSc2nc3ccccc3[nH]2)c1F. The lowest BCUT2D eigenvalue weighted by molar-refractivity contribution is 0.0691. The van der Waals surface area contributed by atoms with Crippen LogP contribution in [0.15, 0.2) is 47.6 Å². The first-order chi connectivity index (χ1) is 10.1. The first-order valence-electron chi connectivity index (χ1n) is 6.23. The highest BCUT2D eigenvalue weighted by Gasteiger charge is 2.14. The van der Waals surface area contributed by atoms with E-state index in [-0.39, 0.29) is 5.56 Å². The highest BCUT2D eigenvalue weighted by molar-refractivity contribution is 7.98. The maximum absolute atomic E-state index is 14.0. The number of rotatable bonds is 4. The Morgan fingerprint density at radius 3 is 2.81 bits per heavy atom. The number of nitrogens with one attached hydrogen (secondary N) is 1. The van der Waals surface area contributed by atoms with Gasteiger partial charge in [0.25, 0.3) is 0 Å². The van der Waals surface area contributed by atoms with Gasteiger partial charge in [0, 0.05) is 5.75 Å². The zero-order valence-corrected chi connectivity index (χ0v) is 11.7. The number of halogens is 1. The summed E-state index contributed by atoms with van der Waals surface area (Å²) in [5.74, 6) is -1.64. The Bertz CT molecular complexity index is 783. The molecular weight excluding hydrogens is 291 g/mol. The van der Waals surface area contributed by atoms with Crippen LogP contribution in [0.4, 0.5) is 4.39 Å². The molecular formula is C15H11FN2O2S. The lowest BCUT2D eigenvalue weighted by Crippen LogP contribution is -2.02. The van der Waals surface area contributed by atoms with Crippen LogP contribution >= 0.6 is 11.8 Å². The number of para-hydroxylation sites is 2. The first-order valence-corrected chi connectivity index (χ1v) is 7.22. The zero-order chi connectivity index (χ0) is 14.8. The Labute approximate surface area is 124 Å². The molecule has 0 fully saturated rings. The molecule has 0 aliphatic rings. The second kappa shape index (κ2) is 5.57. The molecule has 0 saturated carbocycles. The Morgan fingerprint density at radius 2 is 2.05 bits per heavy atom. The number of aromatic nitrogens is 2. The van der Waals surface area contributed by atoms with Crippen LogP contribution in [-0.4, -0.2) is 21.0 Å². The predicted octanol–water partition coefficient (Wildman–Crippen LogP) is 3.69. The fourth-order valence-corrected chi connectivity index (χ4v) is 2.86. The number of benzene rings is 2. The molecule has 3 rings (SSSR count). The summed E-state index contributed by atoms with van der Waals surface area (Å²) in [7, 11) is 0. The van der Waals surface area contributed by atoms with Crippen LogP contribution in [0.3, 0.4) is 0 Å². The molecule has 0 atom stereocenters. The number of carboxylic acid groups (broad SMARTS) is 1. The van der Waals surface area contributed by atoms with E-state index < -0.39 is 11.8 Å². The molecule has 106 valence electrons. The molecule has 6 heteroatoms. The third kappa shape index (κ3) is 2.75. The number of thioether (sulfide) groups is 1. The molecule has 1 heterocycles. The second-order valence-corrected chi connectivity index (χ2v) is 5.40. The van der Waals surface area contributed by atoms with Crippen molar-refractivity contribution >= 4 is 28.8 Å². The largest absolute Gasteiger partial charge is 0.478 e. The van der Waals surface area contributed by atoms with Crippen LogP contribution in [0.25, 0.3) is 11.0 Å². The highest BCUT2D eigenvalue weighted by Crippen LogP contribution is 2.25. The Hall–Kier alpha value is -2.34. The number of imidazole rings is 1. The standard InChI is InChI=1S/C15H11FN2O2S/c16-13-9(4-3-5-10(13)14(19)20)8-21-15-17-11-6-1-2-7-12(11)18-15/h1-7H,8H2,(H,17,18)(H,19,20). The van der Waals surface area contributed by atoms with E-state index in [1.54, 1.807) is 12.1 Å². The molecule has 2 aromatic carbocycles. The van der Waals surface area contributed by atoms with E-state index >= 15 is 0 Å². The van der Waals surface area contributed by atoms with E-state index in [0.717, 1.165) is 11.0 Å². The number of hydrogen-bond acceptors (Lipinski definition) is 3. The van der Waals surface area contributed by atoms with Gasteiger partial charge in [-0.15, -0.1) is 0 Å². The summed E-state index contributed by atoms with van der Waals surface area (Å²) >= 11 is 1.33. The van der Waals surface area contributed by atoms with E-state index in [1.165, 1.54) is 17.8 Å². The van der Waals surface area contributed by atoms with Crippen LogP contribution in [0.2, 0.25) is 0 Å². The second-order valence-electron chi connectivity index (χ2n) is 4.43. The molecule has 0 unspecified atom stereocenters. The fourth-order valence-electron chi connectivity index (χ4n) is 2.00. The van der Waals surface area contributed by atoms with Crippen molar-refractivity contribution < 1.29 is 14.3 Å². The van der Waals surface area contributed by atoms with Gasteiger partial charge in [-0.05, 0) is 23.8 Å². The van der Waals surface area contributed by atoms with Crippen LogP contribution in [0.5, 0.6) is 0 Å². The number of H-pyrrole nitrogens is 1. The minimum absolute atomic E-state index is 0.308. The molecule has 0 spiro atoms. The normalized spacial score (nSPS) is 10.9. The third-order valence-corrected chi connectivity index (χ3v) is 3.96. The van der Waals surface area contributed by atoms with Crippen molar-refractivity contribution in [2.24, 2.45) is 0 Å². The monoisotopic (exact) mass is 302 g/mol. The van der Waals surface area contributed by atoms with Crippen molar-refractivity contribution in [3.05, 3.63) is 59.4 Å². The minimum atomic E-state index is -1.26. The van der Waals surface area contributed by atoms with Crippen LogP contribution < -0.4 is 0 Å². The number of nitrogens with zero attached hydrogens (tertiary/aromatic N) is 1. The van der Waals surface area contributed by atoms with Crippen molar-refractivity contribution in [1.82, 2.24) is 9.97 Å². The molecule has 0 aliphatic carbocycles. The van der Waals surface area contributed by atoms with Gasteiger partial charge in [0.05, 0.1) is 16.6 Å². The maximum atomic E-state index is 14.0. The van der Waals surface area contributed by atoms with Crippen molar-refractivity contribution in [2.45, 2.75) is 10.9 Å². The molecule has 21 heavy (non-hydrogen) atoms. The fraction of sp³-hybridized carbons (Fsp3) is 0.0667. The molecule has 0 bridgehead atoms. The van der Waals surface area contributed by atoms with Gasteiger partial charge < -0.3 is 10.1 Å². The zero-order valence-electron chi connectivity index (χ0n) is 10.8. The molecule has 0 radical (unpaired) electrons. The van der Waals surface area contributed by atoms with Crippen molar-refractivity contribution in [3.63, 3.8) is 0 Å². The number of carbonyl (C=O) groups is 1. The molecule has 0 saturated heterocycles. The van der Waals surface area contributed by atoms with Crippen molar-refractivity contribution in [1.29, 1.82) is 0 Å². The summed E-state index contributed by atoms with van der Waals surface area (Å²) in [6.45, 7) is 0. The quantitative estimate of drug-likeness (QED) is 0.721. The van der Waals surface area contributed by atoms with E-state index in [9.17, 15) is 9.18 Å². The lowest BCUT2D eigenvalue weighted by atomic mass is 10.1. The summed E-state index contributed by atoms with van der Waals surface area (Å²) in [4.78, 5) is 18.4. The number of carboxylic acids is 1. The number of aromatic carboxylic acids is 1. The topological polar surface area (TPSA) is 66.0 Å². The Balaban J connectivity index is 1.81. The van der Waals surface area contributed by atoms with Gasteiger partial charge in [0.15, 0.2) is 5.16 Å². The van der Waals surface area contributed by atoms with E-state index in [1.807, 2.05) is 24.3 Å². The molecule has 0 aliphatic heterocycles. The number of hydrogen-bond donors (Lipinski definition) is 2. The summed E-state index contributed by atoms with van der Waals surface area (Å²) in [5.41, 5.74) is 1.80. The van der Waals surface area contributed by atoms with Gasteiger partial charge in [-0.2, -0.15) is 0 Å². The number of aromatic amines is 1. The number of fused-ring (bicyclic) bond motifs is 1. The maximum Gasteiger partial charge on any atom is 0.338 e. The van der Waals surface area contributed by atoms with Gasteiger partial charge in [-0.3, -0.25) is 0 Å². The van der Waals surface area contributed by atoms with Crippen LogP contribution in [0, 0.1) is 5.82 Å². The van der Waals surface area contributed by atoms with Crippen molar-refractivity contribution in [3.8, 4) is 0 Å². The molecule has 2 N–H and O–H groups in total. The average molecular weight is 302 g/mol. The first kappa shape index (κ1) is 13.6. The summed E-state index contributed by atoms with van der Waals surface area (Å²) in [6.07, 6.45) is 0. The average Bonchev–Trinajstić information content (AvgIpc) is 2.88. The summed E-state index contributed by atoms with van der Waals surface area (Å²) < 4.78 is 14.0. The van der Waals surface area contributed by atoms with E-state index in [2.05, 4.69) is 9.97 Å².